The second kappa shape index (κ2) is 12.0. The third kappa shape index (κ3) is 7.65. The van der Waals surface area contributed by atoms with E-state index in [1.807, 2.05) is 24.3 Å². The molecule has 3 N–H and O–H groups in total. The van der Waals surface area contributed by atoms with Crippen molar-refractivity contribution in [3.05, 3.63) is 82.6 Å². The molecule has 0 saturated heterocycles. The molecule has 0 aliphatic rings. The molecule has 0 radical (unpaired) electrons. The maximum absolute atomic E-state index is 11.3. The number of nitrogens with zero attached hydrogens (tertiary/aromatic N) is 1. The number of hydrogen-bond donors (Lipinski definition) is 2. The van der Waals surface area contributed by atoms with Crippen molar-refractivity contribution in [1.29, 1.82) is 0 Å². The van der Waals surface area contributed by atoms with Crippen LogP contribution in [0, 0.1) is 0 Å². The Hall–Kier alpha value is -2.36. The summed E-state index contributed by atoms with van der Waals surface area (Å²) < 4.78 is 33.9. The van der Waals surface area contributed by atoms with Crippen LogP contribution in [0.4, 0.5) is 0 Å². The molecule has 0 saturated carbocycles. The zero-order chi connectivity index (χ0) is 22.3. The van der Waals surface area contributed by atoms with Gasteiger partial charge in [0.15, 0.2) is 11.5 Å². The number of hydrogen-bond acceptors (Lipinski definition) is 6. The average molecular weight is 497 g/mol. The lowest BCUT2D eigenvalue weighted by molar-refractivity contribution is -0.00000948. The molecule has 1 heterocycles. The van der Waals surface area contributed by atoms with Crippen LogP contribution in [0.25, 0.3) is 0 Å². The highest BCUT2D eigenvalue weighted by atomic mass is 35.5. The molecule has 0 bridgehead atoms. The van der Waals surface area contributed by atoms with E-state index < -0.39 is 10.0 Å². The monoisotopic (exact) mass is 496 g/mol. The van der Waals surface area contributed by atoms with Crippen LogP contribution in [-0.4, -0.2) is 27.1 Å². The van der Waals surface area contributed by atoms with Gasteiger partial charge in [-0.1, -0.05) is 35.9 Å². The van der Waals surface area contributed by atoms with Crippen molar-refractivity contribution in [3.8, 4) is 11.5 Å². The Morgan fingerprint density at radius 3 is 2.31 bits per heavy atom. The quantitative estimate of drug-likeness (QED) is 0.309. The topological polar surface area (TPSA) is 104 Å². The van der Waals surface area contributed by atoms with Gasteiger partial charge in [-0.3, -0.25) is 0 Å². The average Bonchev–Trinajstić information content (AvgIpc) is 2.76. The molecule has 32 heavy (non-hydrogen) atoms. The molecule has 0 fully saturated rings. The van der Waals surface area contributed by atoms with Crippen LogP contribution in [0.15, 0.2) is 65.7 Å². The molecule has 2 aromatic carbocycles. The highest BCUT2D eigenvalue weighted by Gasteiger charge is 2.08. The largest absolute Gasteiger partial charge is 1.00 e. The fourth-order valence-electron chi connectivity index (χ4n) is 2.91. The number of primary sulfonamides is 1. The molecule has 3 rings (SSSR count). The van der Waals surface area contributed by atoms with E-state index in [4.69, 9.17) is 26.2 Å². The van der Waals surface area contributed by atoms with Gasteiger partial charge in [-0.25, -0.2) is 18.5 Å². The Labute approximate surface area is 199 Å². The number of sulfonamides is 1. The minimum absolute atomic E-state index is 0. The number of nitrogens with two attached hydrogens (primary N) is 1. The molecule has 10 heteroatoms. The van der Waals surface area contributed by atoms with E-state index in [0.717, 1.165) is 29.7 Å². The minimum Gasteiger partial charge on any atom is -1.00 e. The lowest BCUT2D eigenvalue weighted by atomic mass is 10.1. The summed E-state index contributed by atoms with van der Waals surface area (Å²) >= 11 is 5.80. The van der Waals surface area contributed by atoms with Gasteiger partial charge in [0.1, 0.15) is 11.8 Å². The van der Waals surface area contributed by atoms with E-state index in [1.165, 1.54) is 12.1 Å². The number of pyridine rings is 1. The van der Waals surface area contributed by atoms with E-state index in [2.05, 4.69) is 10.3 Å². The molecule has 0 unspecified atom stereocenters. The van der Waals surface area contributed by atoms with Crippen molar-refractivity contribution in [2.45, 2.75) is 24.5 Å². The van der Waals surface area contributed by atoms with Crippen molar-refractivity contribution in [3.63, 3.8) is 0 Å². The van der Waals surface area contributed by atoms with Gasteiger partial charge in [-0.05, 0) is 54.4 Å². The highest BCUT2D eigenvalue weighted by Crippen LogP contribution is 2.29. The summed E-state index contributed by atoms with van der Waals surface area (Å²) in [7, 11) is -2.05. The van der Waals surface area contributed by atoms with Crippen LogP contribution in [0.2, 0.25) is 5.15 Å². The molecule has 172 valence electrons. The van der Waals surface area contributed by atoms with E-state index in [0.29, 0.717) is 29.8 Å². The number of halogens is 2. The maximum atomic E-state index is 11.3. The van der Waals surface area contributed by atoms with Crippen LogP contribution in [-0.2, 0) is 29.6 Å². The van der Waals surface area contributed by atoms with E-state index in [1.54, 1.807) is 31.5 Å². The SMILES string of the molecule is COc1cc(CNCCc2ccc(S(N)(=O)=O)cc2)ccc1OCc1ccc(Cl)nc1.[Cl-]. The Kier molecular flexibility index (Phi) is 9.74. The van der Waals surface area contributed by atoms with Crippen LogP contribution >= 0.6 is 11.6 Å². The second-order valence-electron chi connectivity index (χ2n) is 6.88. The fraction of sp³-hybridized carbons (Fsp3) is 0.227. The molecular formula is C22H24Cl2N3O4S-. The number of aromatic nitrogens is 1. The van der Waals surface area contributed by atoms with E-state index in [-0.39, 0.29) is 17.3 Å². The van der Waals surface area contributed by atoms with Gasteiger partial charge in [0.05, 0.1) is 12.0 Å². The number of methoxy groups -OCH3 is 1. The Morgan fingerprint density at radius 2 is 1.69 bits per heavy atom. The standard InChI is InChI=1S/C22H24ClN3O4S.ClH/c1-29-21-12-17(4-8-20(21)30-15-18-5-9-22(23)26-14-18)13-25-11-10-16-2-6-19(7-3-16)31(24,27)28;/h2-9,12,14,25H,10-11,13,15H2,1H3,(H2,24,27,28);1H/p-1. The molecular weight excluding hydrogens is 473 g/mol. The third-order valence-electron chi connectivity index (χ3n) is 4.58. The molecule has 0 amide bonds. The molecule has 0 atom stereocenters. The molecule has 1 aromatic heterocycles. The van der Waals surface area contributed by atoms with E-state index >= 15 is 0 Å². The Bertz CT molecular complexity index is 1110. The summed E-state index contributed by atoms with van der Waals surface area (Å²) in [6.07, 6.45) is 2.44. The van der Waals surface area contributed by atoms with Crippen molar-refractivity contribution < 1.29 is 30.3 Å². The van der Waals surface area contributed by atoms with Gasteiger partial charge < -0.3 is 27.2 Å². The predicted octanol–water partition coefficient (Wildman–Crippen LogP) is 0.306. The molecule has 0 aliphatic heterocycles. The fourth-order valence-corrected chi connectivity index (χ4v) is 3.53. The summed E-state index contributed by atoms with van der Waals surface area (Å²) in [5.74, 6) is 1.30. The van der Waals surface area contributed by atoms with Gasteiger partial charge in [0.25, 0.3) is 0 Å². The molecule has 3 aromatic rings. The van der Waals surface area contributed by atoms with Gasteiger partial charge in [-0.15, -0.1) is 0 Å². The van der Waals surface area contributed by atoms with Gasteiger partial charge in [0.2, 0.25) is 10.0 Å². The molecule has 0 spiro atoms. The first-order valence-corrected chi connectivity index (χ1v) is 11.5. The number of rotatable bonds is 10. The third-order valence-corrected chi connectivity index (χ3v) is 5.74. The second-order valence-corrected chi connectivity index (χ2v) is 8.83. The van der Waals surface area contributed by atoms with Gasteiger partial charge >= 0.3 is 0 Å². The van der Waals surface area contributed by atoms with Crippen molar-refractivity contribution in [2.24, 2.45) is 5.14 Å². The summed E-state index contributed by atoms with van der Waals surface area (Å²) in [5, 5.41) is 8.93. The van der Waals surface area contributed by atoms with Crippen LogP contribution in [0.5, 0.6) is 11.5 Å². The molecule has 7 nitrogen and oxygen atoms in total. The number of benzene rings is 2. The maximum Gasteiger partial charge on any atom is 0.238 e. The lowest BCUT2D eigenvalue weighted by Gasteiger charge is -2.13. The van der Waals surface area contributed by atoms with Gasteiger partial charge in [0, 0.05) is 18.3 Å². The first-order chi connectivity index (χ1) is 14.8. The van der Waals surface area contributed by atoms with Crippen LogP contribution in [0.1, 0.15) is 16.7 Å². The summed E-state index contributed by atoms with van der Waals surface area (Å²) in [4.78, 5) is 4.16. The zero-order valence-corrected chi connectivity index (χ0v) is 19.8. The smallest absolute Gasteiger partial charge is 0.238 e. The Balaban J connectivity index is 0.00000363. The van der Waals surface area contributed by atoms with Crippen molar-refractivity contribution in [2.75, 3.05) is 13.7 Å². The number of nitrogens with one attached hydrogen (secondary N) is 1. The van der Waals surface area contributed by atoms with E-state index in [9.17, 15) is 8.42 Å². The van der Waals surface area contributed by atoms with Crippen molar-refractivity contribution in [1.82, 2.24) is 10.3 Å². The Morgan fingerprint density at radius 1 is 1.00 bits per heavy atom. The van der Waals surface area contributed by atoms with Crippen LogP contribution in [0.3, 0.4) is 0 Å². The number of ether oxygens (including phenoxy) is 2. The first kappa shape index (κ1) is 25.9. The summed E-state index contributed by atoms with van der Waals surface area (Å²) in [6, 6.07) is 16.0. The lowest BCUT2D eigenvalue weighted by Crippen LogP contribution is -3.00. The minimum atomic E-state index is -3.66. The normalized spacial score (nSPS) is 11.0. The predicted molar refractivity (Wildman–Crippen MR) is 120 cm³/mol. The van der Waals surface area contributed by atoms with Gasteiger partial charge in [-0.2, -0.15) is 0 Å². The molecule has 0 aliphatic carbocycles. The zero-order valence-electron chi connectivity index (χ0n) is 17.4. The van der Waals surface area contributed by atoms with Crippen LogP contribution < -0.4 is 32.3 Å². The first-order valence-electron chi connectivity index (χ1n) is 9.58. The summed E-state index contributed by atoms with van der Waals surface area (Å²) in [5.41, 5.74) is 2.99. The summed E-state index contributed by atoms with van der Waals surface area (Å²) in [6.45, 7) is 1.76. The highest BCUT2D eigenvalue weighted by molar-refractivity contribution is 7.89. The van der Waals surface area contributed by atoms with Crippen molar-refractivity contribution >= 4 is 21.6 Å².